The molecular formula is C19H20N4O2S3. The molecule has 0 radical (unpaired) electrons. The number of benzene rings is 1. The zero-order valence-electron chi connectivity index (χ0n) is 15.4. The molecule has 6 nitrogen and oxygen atoms in total. The molecule has 1 amide bonds. The second-order valence-corrected chi connectivity index (χ2v) is 9.57. The Bertz CT molecular complexity index is 936. The van der Waals surface area contributed by atoms with Crippen molar-refractivity contribution in [2.45, 2.75) is 11.3 Å². The van der Waals surface area contributed by atoms with Gasteiger partial charge in [0, 0.05) is 18.7 Å². The zero-order chi connectivity index (χ0) is 19.3. The Kier molecular flexibility index (Phi) is 6.26. The van der Waals surface area contributed by atoms with E-state index in [9.17, 15) is 4.79 Å². The molecule has 0 atom stereocenters. The maximum Gasteiger partial charge on any atom is 0.267 e. The first-order valence-electron chi connectivity index (χ1n) is 9.04. The van der Waals surface area contributed by atoms with Crippen molar-refractivity contribution < 1.29 is 9.53 Å². The third-order valence-electron chi connectivity index (χ3n) is 4.21. The molecule has 1 N–H and O–H groups in total. The summed E-state index contributed by atoms with van der Waals surface area (Å²) in [6, 6.07) is 12.2. The van der Waals surface area contributed by atoms with Crippen LogP contribution in [0.25, 0.3) is 11.1 Å². The highest BCUT2D eigenvalue weighted by molar-refractivity contribution is 8.01. The number of nitrogens with one attached hydrogen (secondary N) is 1. The summed E-state index contributed by atoms with van der Waals surface area (Å²) in [5.74, 6) is 0.780. The van der Waals surface area contributed by atoms with Crippen LogP contribution in [0, 0.1) is 0 Å². The molecule has 0 saturated carbocycles. The van der Waals surface area contributed by atoms with Gasteiger partial charge in [-0.05, 0) is 17.4 Å². The minimum atomic E-state index is -0.147. The molecule has 2 aromatic heterocycles. The Morgan fingerprint density at radius 2 is 2.00 bits per heavy atom. The van der Waals surface area contributed by atoms with E-state index >= 15 is 0 Å². The Morgan fingerprint density at radius 1 is 1.21 bits per heavy atom. The first-order chi connectivity index (χ1) is 13.7. The molecule has 4 rings (SSSR count). The van der Waals surface area contributed by atoms with E-state index in [0.717, 1.165) is 39.3 Å². The molecule has 1 fully saturated rings. The van der Waals surface area contributed by atoms with Crippen molar-refractivity contribution in [3.05, 3.63) is 41.3 Å². The number of hydrogen-bond acceptors (Lipinski definition) is 8. The summed E-state index contributed by atoms with van der Waals surface area (Å²) in [6.45, 7) is 5.13. The smallest absolute Gasteiger partial charge is 0.267 e. The van der Waals surface area contributed by atoms with Crippen LogP contribution in [0.3, 0.4) is 0 Å². The molecule has 0 unspecified atom stereocenters. The van der Waals surface area contributed by atoms with Gasteiger partial charge in [-0.3, -0.25) is 10.1 Å². The lowest BCUT2D eigenvalue weighted by Crippen LogP contribution is -2.35. The average molecular weight is 433 g/mol. The van der Waals surface area contributed by atoms with E-state index in [-0.39, 0.29) is 5.91 Å². The van der Waals surface area contributed by atoms with Gasteiger partial charge in [0.2, 0.25) is 5.13 Å². The third-order valence-corrected chi connectivity index (χ3v) is 7.26. The molecule has 28 heavy (non-hydrogen) atoms. The summed E-state index contributed by atoms with van der Waals surface area (Å²) in [5.41, 5.74) is 2.19. The monoisotopic (exact) mass is 432 g/mol. The normalized spacial score (nSPS) is 14.2. The Labute approximate surface area is 175 Å². The van der Waals surface area contributed by atoms with Gasteiger partial charge < -0.3 is 9.64 Å². The second-order valence-electron chi connectivity index (χ2n) is 6.06. The van der Waals surface area contributed by atoms with E-state index in [1.54, 1.807) is 11.8 Å². The summed E-state index contributed by atoms with van der Waals surface area (Å²) in [7, 11) is 0. The lowest BCUT2D eigenvalue weighted by atomic mass is 10.1. The van der Waals surface area contributed by atoms with Gasteiger partial charge in [-0.1, -0.05) is 60.4 Å². The van der Waals surface area contributed by atoms with Crippen LogP contribution in [-0.4, -0.2) is 48.2 Å². The fourth-order valence-electron chi connectivity index (χ4n) is 2.92. The van der Waals surface area contributed by atoms with Crippen molar-refractivity contribution in [1.82, 2.24) is 10.2 Å². The quantitative estimate of drug-likeness (QED) is 0.458. The summed E-state index contributed by atoms with van der Waals surface area (Å²) in [6.07, 6.45) is 0. The highest BCUT2D eigenvalue weighted by atomic mass is 32.2. The van der Waals surface area contributed by atoms with E-state index in [0.29, 0.717) is 23.2 Å². The van der Waals surface area contributed by atoms with Crippen LogP contribution >= 0.6 is 34.4 Å². The number of rotatable bonds is 6. The van der Waals surface area contributed by atoms with Gasteiger partial charge in [0.25, 0.3) is 5.91 Å². The van der Waals surface area contributed by atoms with Crippen molar-refractivity contribution >= 4 is 50.5 Å². The molecular weight excluding hydrogens is 412 g/mol. The fourth-order valence-corrected chi connectivity index (χ4v) is 5.69. The van der Waals surface area contributed by atoms with Crippen molar-refractivity contribution in [3.8, 4) is 11.1 Å². The summed E-state index contributed by atoms with van der Waals surface area (Å²) < 4.78 is 6.35. The molecule has 1 aliphatic heterocycles. The highest BCUT2D eigenvalue weighted by Crippen LogP contribution is 2.39. The first-order valence-corrected chi connectivity index (χ1v) is 11.7. The van der Waals surface area contributed by atoms with Crippen molar-refractivity contribution in [1.29, 1.82) is 0 Å². The molecule has 3 aromatic rings. The summed E-state index contributed by atoms with van der Waals surface area (Å²) >= 11 is 4.54. The standard InChI is InChI=1S/C19H20N4O2S3/c1-2-26-19-22-21-18(28-19)20-16(24)15-12-14(13-6-4-3-5-7-13)17(27-15)23-8-10-25-11-9-23/h3-7,12H,2,8-11H2,1H3,(H,20,21,24). The van der Waals surface area contributed by atoms with Gasteiger partial charge in [-0.15, -0.1) is 21.5 Å². The fraction of sp³-hybridized carbons (Fsp3) is 0.316. The van der Waals surface area contributed by atoms with Crippen molar-refractivity contribution in [2.24, 2.45) is 0 Å². The predicted octanol–water partition coefficient (Wildman–Crippen LogP) is 4.47. The number of ether oxygens (including phenoxy) is 1. The third kappa shape index (κ3) is 4.38. The van der Waals surface area contributed by atoms with E-state index in [2.05, 4.69) is 39.5 Å². The Hall–Kier alpha value is -1.94. The zero-order valence-corrected chi connectivity index (χ0v) is 17.8. The van der Waals surface area contributed by atoms with Crippen molar-refractivity contribution in [2.75, 3.05) is 42.3 Å². The van der Waals surface area contributed by atoms with Crippen LogP contribution in [0.4, 0.5) is 10.1 Å². The number of carbonyl (C=O) groups is 1. The van der Waals surface area contributed by atoms with Crippen LogP contribution in [0.5, 0.6) is 0 Å². The Morgan fingerprint density at radius 3 is 2.75 bits per heavy atom. The lowest BCUT2D eigenvalue weighted by Gasteiger charge is -2.28. The summed E-state index contributed by atoms with van der Waals surface area (Å²) in [4.78, 5) is 15.8. The number of amides is 1. The maximum atomic E-state index is 12.8. The minimum absolute atomic E-state index is 0.147. The molecule has 3 heterocycles. The number of carbonyl (C=O) groups excluding carboxylic acids is 1. The van der Waals surface area contributed by atoms with Gasteiger partial charge in [-0.2, -0.15) is 0 Å². The highest BCUT2D eigenvalue weighted by Gasteiger charge is 2.22. The van der Waals surface area contributed by atoms with E-state index in [1.807, 2.05) is 24.3 Å². The van der Waals surface area contributed by atoms with Crippen molar-refractivity contribution in [3.63, 3.8) is 0 Å². The molecule has 146 valence electrons. The first kappa shape index (κ1) is 19.4. The van der Waals surface area contributed by atoms with E-state index < -0.39 is 0 Å². The van der Waals surface area contributed by atoms with Gasteiger partial charge in [0.1, 0.15) is 0 Å². The number of thioether (sulfide) groups is 1. The van der Waals surface area contributed by atoms with Crippen LogP contribution in [0.2, 0.25) is 0 Å². The van der Waals surface area contributed by atoms with Gasteiger partial charge in [0.15, 0.2) is 4.34 Å². The molecule has 0 spiro atoms. The van der Waals surface area contributed by atoms with E-state index in [1.165, 1.54) is 22.7 Å². The molecule has 1 aromatic carbocycles. The van der Waals surface area contributed by atoms with E-state index in [4.69, 9.17) is 4.74 Å². The second kappa shape index (κ2) is 9.04. The number of hydrogen-bond donors (Lipinski definition) is 1. The van der Waals surface area contributed by atoms with Crippen LogP contribution in [0.1, 0.15) is 16.6 Å². The number of anilines is 2. The topological polar surface area (TPSA) is 67.4 Å². The summed E-state index contributed by atoms with van der Waals surface area (Å²) in [5, 5.41) is 12.7. The van der Waals surface area contributed by atoms with Crippen LogP contribution in [-0.2, 0) is 4.74 Å². The van der Waals surface area contributed by atoms with Gasteiger partial charge in [-0.25, -0.2) is 0 Å². The Balaban J connectivity index is 1.61. The molecule has 1 saturated heterocycles. The average Bonchev–Trinajstić information content (AvgIpc) is 3.37. The lowest BCUT2D eigenvalue weighted by molar-refractivity contribution is 0.103. The molecule has 1 aliphatic rings. The number of thiophene rings is 1. The molecule has 0 bridgehead atoms. The number of nitrogens with zero attached hydrogens (tertiary/aromatic N) is 3. The molecule has 0 aliphatic carbocycles. The SMILES string of the molecule is CCSc1nnc(NC(=O)c2cc(-c3ccccc3)c(N3CCOCC3)s2)s1. The molecule has 9 heteroatoms. The number of aromatic nitrogens is 2. The van der Waals surface area contributed by atoms with Crippen LogP contribution < -0.4 is 10.2 Å². The van der Waals surface area contributed by atoms with Crippen LogP contribution in [0.15, 0.2) is 40.7 Å². The van der Waals surface area contributed by atoms with Gasteiger partial charge in [0.05, 0.1) is 23.1 Å². The minimum Gasteiger partial charge on any atom is -0.378 e. The largest absolute Gasteiger partial charge is 0.378 e. The van der Waals surface area contributed by atoms with Gasteiger partial charge >= 0.3 is 0 Å². The maximum absolute atomic E-state index is 12.8. The predicted molar refractivity (Wildman–Crippen MR) is 117 cm³/mol. The number of morpholine rings is 1.